The third-order valence-corrected chi connectivity index (χ3v) is 5.36. The van der Waals surface area contributed by atoms with Gasteiger partial charge in [0.05, 0.1) is 11.4 Å². The zero-order chi connectivity index (χ0) is 17.9. The van der Waals surface area contributed by atoms with Crippen molar-refractivity contribution in [2.24, 2.45) is 0 Å². The van der Waals surface area contributed by atoms with Crippen LogP contribution in [0, 0.1) is 12.7 Å². The third kappa shape index (κ3) is 4.31. The molecule has 1 N–H and O–H groups in total. The summed E-state index contributed by atoms with van der Waals surface area (Å²) < 4.78 is 39.2. The molecule has 0 unspecified atom stereocenters. The fourth-order valence-corrected chi connectivity index (χ4v) is 3.39. The van der Waals surface area contributed by atoms with Gasteiger partial charge >= 0.3 is 0 Å². The van der Waals surface area contributed by atoms with Gasteiger partial charge in [0.2, 0.25) is 15.9 Å². The maximum atomic E-state index is 13.5. The molecular weight excluding hydrogens is 355 g/mol. The average molecular weight is 371 g/mol. The molecule has 0 aromatic heterocycles. The van der Waals surface area contributed by atoms with Crippen LogP contribution in [-0.2, 0) is 14.8 Å². The highest BCUT2D eigenvalue weighted by atomic mass is 35.5. The number of rotatable bonds is 5. The minimum atomic E-state index is -3.85. The summed E-state index contributed by atoms with van der Waals surface area (Å²) in [6.45, 7) is 1.19. The second-order valence-corrected chi connectivity index (χ2v) is 7.71. The van der Waals surface area contributed by atoms with Crippen LogP contribution in [0.5, 0.6) is 0 Å². The number of amides is 1. The number of sulfonamides is 1. The number of nitrogens with one attached hydrogen (secondary N) is 1. The Kier molecular flexibility index (Phi) is 5.58. The van der Waals surface area contributed by atoms with Gasteiger partial charge in [0.25, 0.3) is 0 Å². The molecule has 1 amide bonds. The highest BCUT2D eigenvalue weighted by molar-refractivity contribution is 7.89. The molecule has 0 spiro atoms. The highest BCUT2D eigenvalue weighted by Crippen LogP contribution is 2.19. The van der Waals surface area contributed by atoms with Crippen molar-refractivity contribution in [1.82, 2.24) is 4.31 Å². The molecule has 0 fully saturated rings. The Labute approximate surface area is 145 Å². The third-order valence-electron chi connectivity index (χ3n) is 3.33. The van der Waals surface area contributed by atoms with Crippen molar-refractivity contribution in [2.45, 2.75) is 11.8 Å². The zero-order valence-electron chi connectivity index (χ0n) is 13.1. The highest BCUT2D eigenvalue weighted by Gasteiger charge is 2.23. The van der Waals surface area contributed by atoms with E-state index in [1.807, 2.05) is 0 Å². The lowest BCUT2D eigenvalue weighted by atomic mass is 10.2. The fourth-order valence-electron chi connectivity index (χ4n) is 1.97. The summed E-state index contributed by atoms with van der Waals surface area (Å²) in [5, 5.41) is 2.75. The smallest absolute Gasteiger partial charge is 0.243 e. The monoisotopic (exact) mass is 370 g/mol. The number of hydrogen-bond donors (Lipinski definition) is 1. The van der Waals surface area contributed by atoms with E-state index in [2.05, 4.69) is 5.32 Å². The van der Waals surface area contributed by atoms with Crippen molar-refractivity contribution in [3.63, 3.8) is 0 Å². The second-order valence-electron chi connectivity index (χ2n) is 5.23. The average Bonchev–Trinajstić information content (AvgIpc) is 2.50. The number of nitrogens with zero attached hydrogens (tertiary/aromatic N) is 1. The maximum absolute atomic E-state index is 13.5. The molecule has 128 valence electrons. The van der Waals surface area contributed by atoms with E-state index < -0.39 is 28.3 Å². The first-order valence-corrected chi connectivity index (χ1v) is 8.80. The van der Waals surface area contributed by atoms with Gasteiger partial charge in [0.15, 0.2) is 0 Å². The van der Waals surface area contributed by atoms with E-state index in [0.717, 1.165) is 4.31 Å². The van der Waals surface area contributed by atoms with Crippen LogP contribution >= 0.6 is 11.6 Å². The summed E-state index contributed by atoms with van der Waals surface area (Å²) in [6, 6.07) is 10.0. The maximum Gasteiger partial charge on any atom is 0.243 e. The predicted octanol–water partition coefficient (Wildman–Crippen LogP) is 3.05. The van der Waals surface area contributed by atoms with Crippen LogP contribution in [0.3, 0.4) is 0 Å². The van der Waals surface area contributed by atoms with Gasteiger partial charge in [-0.05, 0) is 42.8 Å². The molecule has 2 aromatic rings. The molecule has 0 aliphatic carbocycles. The molecule has 0 saturated carbocycles. The SMILES string of the molecule is Cc1ccc(NC(=O)CN(C)S(=O)(=O)c2cccc(Cl)c2)cc1F. The lowest BCUT2D eigenvalue weighted by Gasteiger charge is -2.17. The molecule has 0 radical (unpaired) electrons. The zero-order valence-corrected chi connectivity index (χ0v) is 14.7. The van der Waals surface area contributed by atoms with Crippen molar-refractivity contribution in [3.05, 3.63) is 58.9 Å². The van der Waals surface area contributed by atoms with Crippen LogP contribution in [-0.4, -0.2) is 32.2 Å². The van der Waals surface area contributed by atoms with E-state index in [4.69, 9.17) is 11.6 Å². The van der Waals surface area contributed by atoms with Crippen LogP contribution in [0.2, 0.25) is 5.02 Å². The van der Waals surface area contributed by atoms with Crippen LogP contribution in [0.15, 0.2) is 47.4 Å². The van der Waals surface area contributed by atoms with E-state index >= 15 is 0 Å². The van der Waals surface area contributed by atoms with Gasteiger partial charge in [-0.15, -0.1) is 0 Å². The summed E-state index contributed by atoms with van der Waals surface area (Å²) in [4.78, 5) is 12.0. The normalized spacial score (nSPS) is 11.5. The number of anilines is 1. The number of benzene rings is 2. The summed E-state index contributed by atoms with van der Waals surface area (Å²) in [5.41, 5.74) is 0.713. The van der Waals surface area contributed by atoms with Crippen molar-refractivity contribution in [2.75, 3.05) is 18.9 Å². The van der Waals surface area contributed by atoms with Gasteiger partial charge in [0, 0.05) is 17.8 Å². The lowest BCUT2D eigenvalue weighted by Crippen LogP contribution is -2.35. The standard InChI is InChI=1S/C16H16ClFN2O3S/c1-11-6-7-13(9-15(11)18)19-16(21)10-20(2)24(22,23)14-5-3-4-12(17)8-14/h3-9H,10H2,1-2H3,(H,19,21). The molecule has 8 heteroatoms. The predicted molar refractivity (Wildman–Crippen MR) is 91.0 cm³/mol. The molecule has 0 heterocycles. The van der Waals surface area contributed by atoms with Gasteiger partial charge in [-0.3, -0.25) is 4.79 Å². The van der Waals surface area contributed by atoms with Crippen LogP contribution in [0.1, 0.15) is 5.56 Å². The Hall–Kier alpha value is -1.96. The van der Waals surface area contributed by atoms with E-state index in [1.165, 1.54) is 37.4 Å². The Morgan fingerprint density at radius 3 is 2.58 bits per heavy atom. The first kappa shape index (κ1) is 18.4. The number of carbonyl (C=O) groups excluding carboxylic acids is 1. The minimum Gasteiger partial charge on any atom is -0.325 e. The van der Waals surface area contributed by atoms with E-state index in [0.29, 0.717) is 5.56 Å². The van der Waals surface area contributed by atoms with Gasteiger partial charge in [-0.1, -0.05) is 23.7 Å². The van der Waals surface area contributed by atoms with Crippen LogP contribution in [0.4, 0.5) is 10.1 Å². The Morgan fingerprint density at radius 1 is 1.25 bits per heavy atom. The van der Waals surface area contributed by atoms with Gasteiger partial charge in [0.1, 0.15) is 5.82 Å². The molecular formula is C16H16ClFN2O3S. The Balaban J connectivity index is 2.09. The fraction of sp³-hybridized carbons (Fsp3) is 0.188. The van der Waals surface area contributed by atoms with Gasteiger partial charge in [-0.2, -0.15) is 4.31 Å². The second kappa shape index (κ2) is 7.29. The first-order valence-electron chi connectivity index (χ1n) is 6.98. The molecule has 24 heavy (non-hydrogen) atoms. The van der Waals surface area contributed by atoms with Crippen molar-refractivity contribution < 1.29 is 17.6 Å². The van der Waals surface area contributed by atoms with E-state index in [9.17, 15) is 17.6 Å². The molecule has 0 aliphatic rings. The van der Waals surface area contributed by atoms with Crippen LogP contribution < -0.4 is 5.32 Å². The Bertz CT molecular complexity index is 871. The van der Waals surface area contributed by atoms with Crippen molar-refractivity contribution in [1.29, 1.82) is 0 Å². The lowest BCUT2D eigenvalue weighted by molar-refractivity contribution is -0.116. The van der Waals surface area contributed by atoms with Gasteiger partial charge < -0.3 is 5.32 Å². The summed E-state index contributed by atoms with van der Waals surface area (Å²) >= 11 is 5.80. The number of aryl methyl sites for hydroxylation is 1. The van der Waals surface area contributed by atoms with Crippen LogP contribution in [0.25, 0.3) is 0 Å². The number of carbonyl (C=O) groups is 1. The van der Waals surface area contributed by atoms with E-state index in [-0.39, 0.29) is 15.6 Å². The largest absolute Gasteiger partial charge is 0.325 e. The molecule has 5 nitrogen and oxygen atoms in total. The molecule has 0 aliphatic heterocycles. The number of likely N-dealkylation sites (N-methyl/N-ethyl adjacent to an activating group) is 1. The van der Waals surface area contributed by atoms with E-state index in [1.54, 1.807) is 19.1 Å². The summed E-state index contributed by atoms with van der Waals surface area (Å²) in [6.07, 6.45) is 0. The molecule has 0 bridgehead atoms. The first-order chi connectivity index (χ1) is 11.2. The molecule has 2 aromatic carbocycles. The minimum absolute atomic E-state index is 0.00770. The van der Waals surface area contributed by atoms with Gasteiger partial charge in [-0.25, -0.2) is 12.8 Å². The molecule has 0 atom stereocenters. The number of hydrogen-bond acceptors (Lipinski definition) is 3. The quantitative estimate of drug-likeness (QED) is 0.879. The summed E-state index contributed by atoms with van der Waals surface area (Å²) in [5.74, 6) is -1.03. The number of halogens is 2. The molecule has 2 rings (SSSR count). The summed E-state index contributed by atoms with van der Waals surface area (Å²) in [7, 11) is -2.57. The molecule has 0 saturated heterocycles. The topological polar surface area (TPSA) is 66.5 Å². The van der Waals surface area contributed by atoms with Crippen molar-refractivity contribution in [3.8, 4) is 0 Å². The van der Waals surface area contributed by atoms with Crippen molar-refractivity contribution >= 4 is 33.2 Å². The Morgan fingerprint density at radius 2 is 1.96 bits per heavy atom.